The predicted octanol–water partition coefficient (Wildman–Crippen LogP) is 5.90. The molecule has 0 amide bonds. The maximum absolute atomic E-state index is 12.0. The highest BCUT2D eigenvalue weighted by Gasteiger charge is 2.63. The maximum Gasteiger partial charge on any atom is 0.338 e. The molecule has 152 valence electrons. The molecule has 0 spiro atoms. The van der Waals surface area contributed by atoms with Crippen LogP contribution >= 0.6 is 0 Å². The number of rotatable bonds is 4. The third-order valence-electron chi connectivity index (χ3n) is 7.04. The zero-order valence-corrected chi connectivity index (χ0v) is 19.4. The lowest BCUT2D eigenvalue weighted by atomic mass is 9.75. The van der Waals surface area contributed by atoms with Gasteiger partial charge in [0.15, 0.2) is 8.32 Å². The first kappa shape index (κ1) is 21.1. The van der Waals surface area contributed by atoms with Crippen LogP contribution in [-0.4, -0.2) is 20.9 Å². The zero-order valence-electron chi connectivity index (χ0n) is 18.4. The number of hydrogen-bond acceptors (Lipinski definition) is 3. The molecule has 28 heavy (non-hydrogen) atoms. The van der Waals surface area contributed by atoms with Crippen LogP contribution in [0.2, 0.25) is 18.1 Å². The van der Waals surface area contributed by atoms with Gasteiger partial charge in [0.05, 0.1) is 12.7 Å². The molecule has 1 fully saturated rings. The fourth-order valence-corrected chi connectivity index (χ4v) is 6.09. The van der Waals surface area contributed by atoms with Crippen molar-refractivity contribution in [1.82, 2.24) is 0 Å². The monoisotopic (exact) mass is 398 g/mol. The van der Waals surface area contributed by atoms with Crippen LogP contribution in [0, 0.1) is 5.41 Å². The van der Waals surface area contributed by atoms with Gasteiger partial charge < -0.3 is 9.16 Å². The van der Waals surface area contributed by atoms with Crippen molar-refractivity contribution in [3.8, 4) is 0 Å². The van der Waals surface area contributed by atoms with Gasteiger partial charge in [-0.2, -0.15) is 0 Å². The molecule has 0 heterocycles. The van der Waals surface area contributed by atoms with Gasteiger partial charge in [-0.25, -0.2) is 4.79 Å². The zero-order chi connectivity index (χ0) is 20.8. The van der Waals surface area contributed by atoms with Crippen molar-refractivity contribution in [2.45, 2.75) is 77.6 Å². The number of carbonyl (C=O) groups excluding carboxylic acids is 1. The lowest BCUT2D eigenvalue weighted by Gasteiger charge is -2.48. The van der Waals surface area contributed by atoms with Gasteiger partial charge in [0.2, 0.25) is 0 Å². The van der Waals surface area contributed by atoms with E-state index >= 15 is 0 Å². The Morgan fingerprint density at radius 1 is 1.29 bits per heavy atom. The second kappa shape index (κ2) is 7.02. The number of benzene rings is 1. The Bertz CT molecular complexity index is 842. The summed E-state index contributed by atoms with van der Waals surface area (Å²) in [7, 11) is -2.08. The summed E-state index contributed by atoms with van der Waals surface area (Å²) in [6.45, 7) is 16.0. The molecule has 0 aliphatic heterocycles. The fraction of sp³-hybridized carbons (Fsp3) is 0.583. The van der Waals surface area contributed by atoms with Crippen molar-refractivity contribution in [2.75, 3.05) is 6.61 Å². The van der Waals surface area contributed by atoms with E-state index in [2.05, 4.69) is 70.8 Å². The van der Waals surface area contributed by atoms with Crippen molar-refractivity contribution < 1.29 is 14.0 Å². The standard InChI is InChI=1S/C24H34O3Si/c1-8-26-21(25)14-13-19-15-16-23(5)17-18-11-9-10-12-20(18)24(19,23)27-28(6,7)22(2,3)4/h9-12,14H,8,15-17H2,1-7H3/t13?,23-,24-/m1/s1. The van der Waals surface area contributed by atoms with Gasteiger partial charge in [0.25, 0.3) is 0 Å². The molecule has 0 radical (unpaired) electrons. The van der Waals surface area contributed by atoms with Gasteiger partial charge in [-0.15, -0.1) is 5.73 Å². The van der Waals surface area contributed by atoms with Gasteiger partial charge >= 0.3 is 5.97 Å². The molecule has 3 rings (SSSR count). The lowest BCUT2D eigenvalue weighted by Crippen LogP contribution is -2.52. The molecule has 0 N–H and O–H groups in total. The highest BCUT2D eigenvalue weighted by molar-refractivity contribution is 6.74. The largest absolute Gasteiger partial charge is 0.462 e. The third kappa shape index (κ3) is 3.22. The summed E-state index contributed by atoms with van der Waals surface area (Å²) < 4.78 is 12.4. The van der Waals surface area contributed by atoms with Crippen LogP contribution in [0.15, 0.2) is 41.6 Å². The second-order valence-corrected chi connectivity index (χ2v) is 14.7. The topological polar surface area (TPSA) is 35.5 Å². The van der Waals surface area contributed by atoms with Gasteiger partial charge in [0, 0.05) is 11.0 Å². The van der Waals surface area contributed by atoms with Gasteiger partial charge in [0.1, 0.15) is 5.60 Å². The van der Waals surface area contributed by atoms with Crippen LogP contribution in [0.25, 0.3) is 0 Å². The van der Waals surface area contributed by atoms with E-state index in [-0.39, 0.29) is 16.4 Å². The van der Waals surface area contributed by atoms with Crippen molar-refractivity contribution in [1.29, 1.82) is 0 Å². The molecule has 1 saturated carbocycles. The lowest BCUT2D eigenvalue weighted by molar-refractivity contribution is -0.137. The van der Waals surface area contributed by atoms with Crippen LogP contribution < -0.4 is 0 Å². The van der Waals surface area contributed by atoms with Gasteiger partial charge in [-0.05, 0) is 55.4 Å². The van der Waals surface area contributed by atoms with Gasteiger partial charge in [-0.1, -0.05) is 52.0 Å². The van der Waals surface area contributed by atoms with E-state index in [1.54, 1.807) is 0 Å². The Balaban J connectivity index is 2.21. The van der Waals surface area contributed by atoms with Crippen molar-refractivity contribution >= 4 is 14.3 Å². The van der Waals surface area contributed by atoms with Crippen LogP contribution in [0.4, 0.5) is 0 Å². The van der Waals surface area contributed by atoms with E-state index in [4.69, 9.17) is 9.16 Å². The maximum atomic E-state index is 12.0. The average molecular weight is 399 g/mol. The van der Waals surface area contributed by atoms with E-state index in [0.717, 1.165) is 24.8 Å². The number of ether oxygens (including phenoxy) is 1. The Hall–Kier alpha value is -1.61. The molecule has 3 nitrogen and oxygen atoms in total. The molecule has 2 aliphatic carbocycles. The SMILES string of the molecule is CCOC(=O)C=C=C1CC[C@]2(C)Cc3ccccc3[C@]12O[Si](C)(C)C(C)(C)C. The predicted molar refractivity (Wildman–Crippen MR) is 116 cm³/mol. The summed E-state index contributed by atoms with van der Waals surface area (Å²) in [5.41, 5.74) is 6.53. The van der Waals surface area contributed by atoms with E-state index in [1.165, 1.54) is 17.2 Å². The van der Waals surface area contributed by atoms with Crippen molar-refractivity contribution in [3.63, 3.8) is 0 Å². The molecule has 2 aliphatic rings. The van der Waals surface area contributed by atoms with Crippen LogP contribution in [0.1, 0.15) is 58.6 Å². The summed E-state index contributed by atoms with van der Waals surface area (Å²) in [5, 5.41) is 0.0960. The van der Waals surface area contributed by atoms with Crippen LogP contribution in [0.3, 0.4) is 0 Å². The minimum absolute atomic E-state index is 0.0168. The first-order valence-corrected chi connectivity index (χ1v) is 13.3. The number of hydrogen-bond donors (Lipinski definition) is 0. The molecule has 1 aromatic carbocycles. The molecule has 2 atom stereocenters. The minimum atomic E-state index is -2.08. The smallest absolute Gasteiger partial charge is 0.338 e. The quantitative estimate of drug-likeness (QED) is 0.274. The summed E-state index contributed by atoms with van der Waals surface area (Å²) in [6, 6.07) is 8.65. The minimum Gasteiger partial charge on any atom is -0.462 e. The van der Waals surface area contributed by atoms with E-state index < -0.39 is 13.9 Å². The molecule has 0 aromatic heterocycles. The molecule has 0 bridgehead atoms. The van der Waals surface area contributed by atoms with E-state index in [9.17, 15) is 4.79 Å². The number of esters is 1. The van der Waals surface area contributed by atoms with Crippen LogP contribution in [0.5, 0.6) is 0 Å². The summed E-state index contributed by atoms with van der Waals surface area (Å²) >= 11 is 0. The Labute approximate surface area is 171 Å². The van der Waals surface area contributed by atoms with E-state index in [1.807, 2.05) is 6.92 Å². The van der Waals surface area contributed by atoms with Crippen LogP contribution in [-0.2, 0) is 26.0 Å². The van der Waals surface area contributed by atoms with Crippen molar-refractivity contribution in [2.24, 2.45) is 5.41 Å². The number of fused-ring (bicyclic) bond motifs is 3. The normalized spacial score (nSPS) is 26.5. The fourth-order valence-electron chi connectivity index (χ4n) is 4.54. The Kier molecular flexibility index (Phi) is 5.29. The summed E-state index contributed by atoms with van der Waals surface area (Å²) in [5.74, 6) is -0.336. The highest BCUT2D eigenvalue weighted by atomic mass is 28.4. The molecular formula is C24H34O3Si. The van der Waals surface area contributed by atoms with Crippen molar-refractivity contribution in [3.05, 3.63) is 52.8 Å². The molecular weight excluding hydrogens is 364 g/mol. The second-order valence-electron chi connectivity index (χ2n) is 9.96. The average Bonchev–Trinajstić information content (AvgIpc) is 2.98. The summed E-state index contributed by atoms with van der Waals surface area (Å²) in [6.07, 6.45) is 4.40. The molecule has 0 saturated heterocycles. The first-order chi connectivity index (χ1) is 13.0. The number of carbonyl (C=O) groups is 1. The van der Waals surface area contributed by atoms with Gasteiger partial charge in [-0.3, -0.25) is 0 Å². The molecule has 4 heteroatoms. The van der Waals surface area contributed by atoms with E-state index in [0.29, 0.717) is 6.61 Å². The third-order valence-corrected chi connectivity index (χ3v) is 11.5. The summed E-state index contributed by atoms with van der Waals surface area (Å²) in [4.78, 5) is 12.0. The molecule has 1 aromatic rings. The highest BCUT2D eigenvalue weighted by Crippen LogP contribution is 2.65. The Morgan fingerprint density at radius 3 is 2.61 bits per heavy atom. The first-order valence-electron chi connectivity index (χ1n) is 10.4. The Morgan fingerprint density at radius 2 is 1.96 bits per heavy atom. The molecule has 0 unspecified atom stereocenters.